The lowest BCUT2D eigenvalue weighted by atomic mass is 10.3. The normalized spacial score (nSPS) is 13.2. The summed E-state index contributed by atoms with van der Waals surface area (Å²) in [7, 11) is 0. The number of benzene rings is 1. The largest absolute Gasteiger partial charge is 0.307 e. The molecule has 0 radical (unpaired) electrons. The van der Waals surface area contributed by atoms with Crippen molar-refractivity contribution in [3.63, 3.8) is 0 Å². The Labute approximate surface area is 67.4 Å². The van der Waals surface area contributed by atoms with Crippen LogP contribution in [0.15, 0.2) is 24.3 Å². The number of hydrazine groups is 2. The maximum absolute atomic E-state index is 10.2. The van der Waals surface area contributed by atoms with Crippen molar-refractivity contribution in [2.75, 3.05) is 5.43 Å². The summed E-state index contributed by atoms with van der Waals surface area (Å²) in [5.74, 6) is 0.453. The van der Waals surface area contributed by atoms with Crippen molar-refractivity contribution in [1.29, 1.82) is 0 Å². The van der Waals surface area contributed by atoms with Crippen LogP contribution in [0.4, 0.5) is 5.69 Å². The van der Waals surface area contributed by atoms with E-state index in [9.17, 15) is 10.1 Å². The highest BCUT2D eigenvalue weighted by Crippen LogP contribution is 2.29. The lowest BCUT2D eigenvalue weighted by Gasteiger charge is -2.01. The number of para-hydroxylation sites is 2. The smallest absolute Gasteiger partial charge is 0.220 e. The molecule has 1 aromatic carbocycles. The summed E-state index contributed by atoms with van der Waals surface area (Å²) < 4.78 is 0. The predicted molar refractivity (Wildman–Crippen MR) is 39.5 cm³/mol. The Kier molecular flexibility index (Phi) is 1.26. The summed E-state index contributed by atoms with van der Waals surface area (Å²) in [4.78, 5) is 15.0. The molecule has 0 amide bonds. The van der Waals surface area contributed by atoms with Gasteiger partial charge in [0.05, 0.1) is 0 Å². The van der Waals surface area contributed by atoms with E-state index in [0.717, 1.165) is 0 Å². The van der Waals surface area contributed by atoms with Crippen LogP contribution in [0.5, 0.6) is 5.75 Å². The fraction of sp³-hybridized carbons (Fsp3) is 0. The minimum Gasteiger partial charge on any atom is -0.307 e. The van der Waals surface area contributed by atoms with Crippen molar-refractivity contribution >= 4 is 5.69 Å². The number of nitrogens with one attached hydrogen (secondary N) is 1. The van der Waals surface area contributed by atoms with Gasteiger partial charge in [-0.3, -0.25) is 0 Å². The Morgan fingerprint density at radius 2 is 2.25 bits per heavy atom. The van der Waals surface area contributed by atoms with E-state index in [1.165, 1.54) is 0 Å². The van der Waals surface area contributed by atoms with Crippen LogP contribution >= 0.6 is 0 Å². The van der Waals surface area contributed by atoms with Crippen LogP contribution in [0, 0.1) is 10.1 Å². The van der Waals surface area contributed by atoms with Crippen molar-refractivity contribution in [2.24, 2.45) is 0 Å². The molecule has 1 aliphatic rings. The lowest BCUT2D eigenvalue weighted by Crippen LogP contribution is -2.33. The van der Waals surface area contributed by atoms with Gasteiger partial charge in [0.15, 0.2) is 11.0 Å². The van der Waals surface area contributed by atoms with E-state index in [4.69, 9.17) is 4.84 Å². The van der Waals surface area contributed by atoms with Crippen molar-refractivity contribution in [3.05, 3.63) is 34.4 Å². The van der Waals surface area contributed by atoms with Crippen LogP contribution < -0.4 is 10.3 Å². The van der Waals surface area contributed by atoms with Crippen LogP contribution in [0.3, 0.4) is 0 Å². The molecule has 0 spiro atoms. The van der Waals surface area contributed by atoms with E-state index < -0.39 is 5.03 Å². The summed E-state index contributed by atoms with van der Waals surface area (Å²) in [5.41, 5.74) is 3.04. The predicted octanol–water partition coefficient (Wildman–Crippen LogP) is 0.815. The number of hydrogen-bond donors (Lipinski definition) is 1. The van der Waals surface area contributed by atoms with Gasteiger partial charge in [-0.1, -0.05) is 12.1 Å². The highest BCUT2D eigenvalue weighted by molar-refractivity contribution is 5.56. The van der Waals surface area contributed by atoms with E-state index in [-0.39, 0.29) is 0 Å². The lowest BCUT2D eigenvalue weighted by molar-refractivity contribution is -0.706. The second-order valence-corrected chi connectivity index (χ2v) is 2.21. The van der Waals surface area contributed by atoms with Gasteiger partial charge in [0.1, 0.15) is 5.69 Å². The molecule has 0 unspecified atom stereocenters. The zero-order valence-corrected chi connectivity index (χ0v) is 5.93. The van der Waals surface area contributed by atoms with Gasteiger partial charge in [0, 0.05) is 0 Å². The average Bonchev–Trinajstić information content (AvgIpc) is 2.46. The standard InChI is InChI=1S/C6H5N3O3/c10-9(11)8-7-5-3-1-2-4-6(5)12-8/h1-4,7H. The van der Waals surface area contributed by atoms with Gasteiger partial charge in [0.25, 0.3) is 0 Å². The first-order chi connectivity index (χ1) is 5.77. The maximum atomic E-state index is 10.2. The first kappa shape index (κ1) is 6.71. The van der Waals surface area contributed by atoms with E-state index >= 15 is 0 Å². The topological polar surface area (TPSA) is 67.6 Å². The quantitative estimate of drug-likeness (QED) is 0.495. The van der Waals surface area contributed by atoms with E-state index in [0.29, 0.717) is 16.7 Å². The minimum atomic E-state index is -0.681. The van der Waals surface area contributed by atoms with Crippen molar-refractivity contribution in [2.45, 2.75) is 0 Å². The molecular weight excluding hydrogens is 162 g/mol. The molecule has 0 fully saturated rings. The number of rotatable bonds is 1. The van der Waals surface area contributed by atoms with Crippen molar-refractivity contribution in [3.8, 4) is 5.75 Å². The van der Waals surface area contributed by atoms with E-state index in [1.54, 1.807) is 24.3 Å². The zero-order chi connectivity index (χ0) is 8.55. The van der Waals surface area contributed by atoms with E-state index in [1.807, 2.05) is 0 Å². The Bertz CT molecular complexity index is 303. The van der Waals surface area contributed by atoms with Crippen LogP contribution in [-0.4, -0.2) is 10.3 Å². The zero-order valence-electron chi connectivity index (χ0n) is 5.93. The molecule has 1 aliphatic heterocycles. The van der Waals surface area contributed by atoms with Gasteiger partial charge >= 0.3 is 0 Å². The molecule has 1 heterocycles. The highest BCUT2D eigenvalue weighted by atomic mass is 16.9. The molecule has 0 bridgehead atoms. The molecule has 0 aliphatic carbocycles. The average molecular weight is 167 g/mol. The number of hydrogen-bond acceptors (Lipinski definition) is 4. The molecule has 12 heavy (non-hydrogen) atoms. The summed E-state index contributed by atoms with van der Waals surface area (Å²) in [6, 6.07) is 6.84. The highest BCUT2D eigenvalue weighted by Gasteiger charge is 2.26. The monoisotopic (exact) mass is 167 g/mol. The van der Waals surface area contributed by atoms with Crippen molar-refractivity contribution < 1.29 is 9.87 Å². The molecule has 1 aromatic rings. The Morgan fingerprint density at radius 3 is 2.92 bits per heavy atom. The third-order valence-corrected chi connectivity index (χ3v) is 1.44. The second-order valence-electron chi connectivity index (χ2n) is 2.21. The minimum absolute atomic E-state index is 0.453. The van der Waals surface area contributed by atoms with Gasteiger partial charge < -0.3 is 4.84 Å². The number of nitro groups is 1. The molecule has 62 valence electrons. The van der Waals surface area contributed by atoms with Gasteiger partial charge in [0.2, 0.25) is 5.03 Å². The van der Waals surface area contributed by atoms with Gasteiger partial charge in [-0.25, -0.2) is 15.5 Å². The van der Waals surface area contributed by atoms with Crippen LogP contribution in [0.25, 0.3) is 0 Å². The third kappa shape index (κ3) is 0.895. The van der Waals surface area contributed by atoms with Gasteiger partial charge in [-0.15, -0.1) is 0 Å². The van der Waals surface area contributed by atoms with Crippen LogP contribution in [-0.2, 0) is 0 Å². The number of anilines is 1. The first-order valence-electron chi connectivity index (χ1n) is 3.25. The van der Waals surface area contributed by atoms with Crippen LogP contribution in [0.2, 0.25) is 0 Å². The molecule has 0 saturated carbocycles. The maximum Gasteiger partial charge on any atom is 0.220 e. The van der Waals surface area contributed by atoms with Gasteiger partial charge in [-0.05, 0) is 12.1 Å². The van der Waals surface area contributed by atoms with E-state index in [2.05, 4.69) is 5.43 Å². The molecule has 0 aromatic heterocycles. The van der Waals surface area contributed by atoms with Crippen molar-refractivity contribution in [1.82, 2.24) is 5.28 Å². The SMILES string of the molecule is O=[N+]([O-])N1Nc2ccccc2O1. The van der Waals surface area contributed by atoms with Gasteiger partial charge in [-0.2, -0.15) is 0 Å². The Morgan fingerprint density at radius 1 is 1.50 bits per heavy atom. The molecular formula is C6H5N3O3. The third-order valence-electron chi connectivity index (χ3n) is 1.44. The molecule has 6 nitrogen and oxygen atoms in total. The fourth-order valence-corrected chi connectivity index (χ4v) is 0.932. The summed E-state index contributed by atoms with van der Waals surface area (Å²) in [6.07, 6.45) is 0. The Hall–Kier alpha value is -1.98. The fourth-order valence-electron chi connectivity index (χ4n) is 0.932. The summed E-state index contributed by atoms with van der Waals surface area (Å²) in [6.45, 7) is 0. The first-order valence-corrected chi connectivity index (χ1v) is 3.25. The summed E-state index contributed by atoms with van der Waals surface area (Å²) in [5, 5.41) is 10.00. The van der Waals surface area contributed by atoms with Crippen LogP contribution in [0.1, 0.15) is 0 Å². The summed E-state index contributed by atoms with van der Waals surface area (Å²) >= 11 is 0. The molecule has 0 atom stereocenters. The Balaban J connectivity index is 2.27. The molecule has 2 rings (SSSR count). The number of fused-ring (bicyclic) bond motifs is 1. The second kappa shape index (κ2) is 2.26. The molecule has 1 N–H and O–H groups in total. The molecule has 6 heteroatoms. The number of nitrogens with zero attached hydrogens (tertiary/aromatic N) is 2. The molecule has 0 saturated heterocycles.